The van der Waals surface area contributed by atoms with Crippen molar-refractivity contribution < 1.29 is 19.1 Å². The third kappa shape index (κ3) is 4.97. The van der Waals surface area contributed by atoms with Crippen LogP contribution < -0.4 is 20.3 Å². The van der Waals surface area contributed by atoms with Gasteiger partial charge in [0.05, 0.1) is 15.7 Å². The summed E-state index contributed by atoms with van der Waals surface area (Å²) in [6.07, 6.45) is 0.0261. The van der Waals surface area contributed by atoms with Crippen molar-refractivity contribution in [1.29, 1.82) is 0 Å². The third-order valence-corrected chi connectivity index (χ3v) is 4.59. The van der Waals surface area contributed by atoms with E-state index in [9.17, 15) is 9.59 Å². The number of benzene rings is 2. The zero-order valence-electron chi connectivity index (χ0n) is 14.0. The largest absolute Gasteiger partial charge is 0.486 e. The Morgan fingerprint density at radius 1 is 0.926 bits per heavy atom. The minimum atomic E-state index is -0.386. The fourth-order valence-corrected chi connectivity index (χ4v) is 3.36. The molecule has 0 saturated carbocycles. The van der Waals surface area contributed by atoms with Crippen LogP contribution in [0.2, 0.25) is 15.1 Å². The molecule has 2 aromatic rings. The average Bonchev–Trinajstić information content (AvgIpc) is 2.64. The first-order chi connectivity index (χ1) is 12.9. The van der Waals surface area contributed by atoms with Crippen LogP contribution in [0.1, 0.15) is 23.2 Å². The van der Waals surface area contributed by atoms with E-state index in [1.54, 1.807) is 18.2 Å². The fraction of sp³-hybridized carbons (Fsp3) is 0.222. The van der Waals surface area contributed by atoms with Crippen LogP contribution in [-0.4, -0.2) is 24.9 Å². The number of halogens is 3. The maximum atomic E-state index is 12.3. The summed E-state index contributed by atoms with van der Waals surface area (Å²) in [6.45, 7) is 0.920. The van der Waals surface area contributed by atoms with Gasteiger partial charge in [-0.2, -0.15) is 0 Å². The molecule has 1 amide bonds. The summed E-state index contributed by atoms with van der Waals surface area (Å²) in [5.41, 5.74) is 5.89. The Labute approximate surface area is 170 Å². The second-order valence-electron chi connectivity index (χ2n) is 5.70. The Kier molecular flexibility index (Phi) is 6.31. The van der Waals surface area contributed by atoms with Gasteiger partial charge >= 0.3 is 0 Å². The van der Waals surface area contributed by atoms with Gasteiger partial charge in [-0.1, -0.05) is 34.8 Å². The normalized spacial score (nSPS) is 12.4. The number of carbonyl (C=O) groups excluding carboxylic acids is 2. The predicted molar refractivity (Wildman–Crippen MR) is 104 cm³/mol. The van der Waals surface area contributed by atoms with Crippen LogP contribution in [0, 0.1) is 0 Å². The Morgan fingerprint density at radius 2 is 1.59 bits per heavy atom. The van der Waals surface area contributed by atoms with E-state index in [1.807, 2.05) is 0 Å². The van der Waals surface area contributed by atoms with Crippen molar-refractivity contribution in [2.24, 2.45) is 0 Å². The number of amides is 1. The number of anilines is 1. The molecule has 1 heterocycles. The summed E-state index contributed by atoms with van der Waals surface area (Å²) in [4.78, 5) is 24.3. The van der Waals surface area contributed by atoms with Crippen molar-refractivity contribution in [3.8, 4) is 11.5 Å². The van der Waals surface area contributed by atoms with E-state index in [4.69, 9.17) is 44.3 Å². The number of nitrogens with one attached hydrogen (secondary N) is 2. The Bertz CT molecular complexity index is 866. The number of hydrogen-bond donors (Lipinski definition) is 2. The van der Waals surface area contributed by atoms with E-state index in [2.05, 4.69) is 10.9 Å². The topological polar surface area (TPSA) is 76.7 Å². The van der Waals surface area contributed by atoms with Crippen molar-refractivity contribution in [3.05, 3.63) is 51.0 Å². The maximum Gasteiger partial charge on any atom is 0.238 e. The van der Waals surface area contributed by atoms with Crippen LogP contribution in [0.5, 0.6) is 11.5 Å². The van der Waals surface area contributed by atoms with E-state index in [1.165, 1.54) is 12.1 Å². The van der Waals surface area contributed by atoms with Crippen LogP contribution in [0.25, 0.3) is 0 Å². The van der Waals surface area contributed by atoms with Crippen molar-refractivity contribution >= 4 is 52.2 Å². The molecule has 0 radical (unpaired) electrons. The molecule has 1 aliphatic rings. The van der Waals surface area contributed by atoms with Gasteiger partial charge in [0.15, 0.2) is 17.3 Å². The van der Waals surface area contributed by atoms with Gasteiger partial charge in [-0.3, -0.25) is 20.4 Å². The first kappa shape index (κ1) is 19.6. The monoisotopic (exact) mass is 428 g/mol. The number of Topliss-reactive ketones (excluding diaryl/α,β-unsaturated/α-hetero) is 1. The van der Waals surface area contributed by atoms with E-state index >= 15 is 0 Å². The van der Waals surface area contributed by atoms with Gasteiger partial charge in [-0.15, -0.1) is 0 Å². The predicted octanol–water partition coefficient (Wildman–Crippen LogP) is 4.52. The third-order valence-electron chi connectivity index (χ3n) is 3.78. The number of fused-ring (bicyclic) bond motifs is 1. The van der Waals surface area contributed by atoms with Gasteiger partial charge < -0.3 is 9.47 Å². The lowest BCUT2D eigenvalue weighted by atomic mass is 10.1. The maximum absolute atomic E-state index is 12.3. The Hall–Kier alpha value is -2.15. The summed E-state index contributed by atoms with van der Waals surface area (Å²) in [6, 6.07) is 7.96. The van der Waals surface area contributed by atoms with Crippen LogP contribution in [0.4, 0.5) is 5.69 Å². The molecule has 2 aromatic carbocycles. The van der Waals surface area contributed by atoms with Crippen molar-refractivity contribution in [2.75, 3.05) is 18.6 Å². The highest BCUT2D eigenvalue weighted by molar-refractivity contribution is 6.41. The lowest BCUT2D eigenvalue weighted by Crippen LogP contribution is -2.29. The minimum Gasteiger partial charge on any atom is -0.486 e. The zero-order chi connectivity index (χ0) is 19.4. The molecule has 9 heteroatoms. The summed E-state index contributed by atoms with van der Waals surface area (Å²) in [5, 5.41) is 0.909. The summed E-state index contributed by atoms with van der Waals surface area (Å²) in [5.74, 6) is 0.578. The number of carbonyl (C=O) groups is 2. The Morgan fingerprint density at radius 3 is 2.30 bits per heavy atom. The van der Waals surface area contributed by atoms with Crippen LogP contribution in [0.3, 0.4) is 0 Å². The van der Waals surface area contributed by atoms with Crippen molar-refractivity contribution in [3.63, 3.8) is 0 Å². The molecule has 0 atom stereocenters. The standard InChI is InChI=1S/C18H15Cl3N2O4/c19-11-8-12(20)18(13(21)9-11)23-22-17(25)4-2-14(24)10-1-3-15-16(7-10)27-6-5-26-15/h1,3,7-9,23H,2,4-6H2,(H,22,25). The molecule has 0 fully saturated rings. The number of rotatable bonds is 6. The molecule has 1 aliphatic heterocycles. The molecule has 3 rings (SSSR count). The van der Waals surface area contributed by atoms with Gasteiger partial charge in [0.2, 0.25) is 5.91 Å². The summed E-state index contributed by atoms with van der Waals surface area (Å²) >= 11 is 17.9. The van der Waals surface area contributed by atoms with Gasteiger partial charge in [0, 0.05) is 23.4 Å². The SMILES string of the molecule is O=C(CCC(=O)c1ccc2c(c1)OCCO2)NNc1c(Cl)cc(Cl)cc1Cl. The second-order valence-corrected chi connectivity index (χ2v) is 6.95. The molecule has 142 valence electrons. The summed E-state index contributed by atoms with van der Waals surface area (Å²) < 4.78 is 10.9. The van der Waals surface area contributed by atoms with E-state index in [0.717, 1.165) is 0 Å². The number of ether oxygens (including phenoxy) is 2. The zero-order valence-corrected chi connectivity index (χ0v) is 16.2. The molecular weight excluding hydrogens is 415 g/mol. The smallest absolute Gasteiger partial charge is 0.238 e. The van der Waals surface area contributed by atoms with Gasteiger partial charge in [0.25, 0.3) is 0 Å². The van der Waals surface area contributed by atoms with E-state index in [-0.39, 0.29) is 34.6 Å². The highest BCUT2D eigenvalue weighted by Gasteiger charge is 2.16. The molecule has 0 saturated heterocycles. The fourth-order valence-electron chi connectivity index (χ4n) is 2.44. The van der Waals surface area contributed by atoms with Crippen molar-refractivity contribution in [1.82, 2.24) is 5.43 Å². The van der Waals surface area contributed by atoms with Crippen molar-refractivity contribution in [2.45, 2.75) is 12.8 Å². The molecular formula is C18H15Cl3N2O4. The Balaban J connectivity index is 1.53. The van der Waals surface area contributed by atoms with Crippen LogP contribution in [0.15, 0.2) is 30.3 Å². The number of hydrazine groups is 1. The quantitative estimate of drug-likeness (QED) is 0.521. The number of hydrogen-bond acceptors (Lipinski definition) is 5. The molecule has 0 aliphatic carbocycles. The molecule has 0 unspecified atom stereocenters. The lowest BCUT2D eigenvalue weighted by molar-refractivity contribution is -0.120. The first-order valence-corrected chi connectivity index (χ1v) is 9.19. The average molecular weight is 430 g/mol. The highest BCUT2D eigenvalue weighted by atomic mass is 35.5. The highest BCUT2D eigenvalue weighted by Crippen LogP contribution is 2.33. The van der Waals surface area contributed by atoms with E-state index < -0.39 is 0 Å². The molecule has 27 heavy (non-hydrogen) atoms. The first-order valence-electron chi connectivity index (χ1n) is 8.06. The van der Waals surface area contributed by atoms with Gasteiger partial charge in [0.1, 0.15) is 13.2 Å². The summed E-state index contributed by atoms with van der Waals surface area (Å²) in [7, 11) is 0. The molecule has 2 N–H and O–H groups in total. The molecule has 0 spiro atoms. The van der Waals surface area contributed by atoms with Crippen LogP contribution >= 0.6 is 34.8 Å². The lowest BCUT2D eigenvalue weighted by Gasteiger charge is -2.18. The van der Waals surface area contributed by atoms with E-state index in [0.29, 0.717) is 41.0 Å². The second kappa shape index (κ2) is 8.69. The van der Waals surface area contributed by atoms with Crippen LogP contribution in [-0.2, 0) is 4.79 Å². The van der Waals surface area contributed by atoms with Gasteiger partial charge in [-0.25, -0.2) is 0 Å². The molecule has 0 bridgehead atoms. The molecule has 6 nitrogen and oxygen atoms in total. The minimum absolute atomic E-state index is 0.0108. The van der Waals surface area contributed by atoms with Gasteiger partial charge in [-0.05, 0) is 30.3 Å². The number of ketones is 1. The molecule has 0 aromatic heterocycles.